The van der Waals surface area contributed by atoms with Gasteiger partial charge in [0.05, 0.1) is 0 Å². The van der Waals surface area contributed by atoms with Gasteiger partial charge in [0.25, 0.3) is 0 Å². The maximum atomic E-state index is 5.01. The van der Waals surface area contributed by atoms with Crippen molar-refractivity contribution in [2.45, 2.75) is 26.3 Å². The highest BCUT2D eigenvalue weighted by atomic mass is 15.3. The van der Waals surface area contributed by atoms with Crippen molar-refractivity contribution in [3.63, 3.8) is 0 Å². The first kappa shape index (κ1) is 19.1. The number of rotatable bonds is 4. The van der Waals surface area contributed by atoms with Gasteiger partial charge < -0.3 is 9.80 Å². The van der Waals surface area contributed by atoms with Crippen molar-refractivity contribution >= 4 is 17.5 Å². The number of hydrogen-bond donors (Lipinski definition) is 0. The predicted molar refractivity (Wildman–Crippen MR) is 122 cm³/mol. The van der Waals surface area contributed by atoms with Crippen molar-refractivity contribution < 1.29 is 0 Å². The summed E-state index contributed by atoms with van der Waals surface area (Å²) >= 11 is 0. The van der Waals surface area contributed by atoms with Gasteiger partial charge in [0.1, 0.15) is 5.82 Å². The number of nitrogens with zero attached hydrogens (tertiary/aromatic N) is 5. The third kappa shape index (κ3) is 4.03. The first-order valence-electron chi connectivity index (χ1n) is 11.0. The first-order valence-corrected chi connectivity index (χ1v) is 11.0. The molecule has 3 heterocycles. The Labute approximate surface area is 179 Å². The van der Waals surface area contributed by atoms with Crippen LogP contribution < -0.4 is 9.80 Å². The number of fused-ring (bicyclic) bond motifs is 1. The molecule has 30 heavy (non-hydrogen) atoms. The molecule has 0 amide bonds. The average Bonchev–Trinajstić information content (AvgIpc) is 2.79. The Kier molecular flexibility index (Phi) is 5.37. The Hall–Kier alpha value is -2.92. The van der Waals surface area contributed by atoms with E-state index in [2.05, 4.69) is 82.3 Å². The number of para-hydroxylation sites is 1. The van der Waals surface area contributed by atoms with E-state index in [1.807, 2.05) is 0 Å². The molecular weight excluding hydrogens is 370 g/mol. The van der Waals surface area contributed by atoms with Crippen LogP contribution in [-0.2, 0) is 13.0 Å². The summed E-state index contributed by atoms with van der Waals surface area (Å²) in [6.45, 7) is 8.11. The standard InChI is InChI=1S/C25H29N5/c1-20-18-24(30-13-7-11-22-10-5-6-12-23(22)30)27-25(26-20)29-16-14-28(15-17-29)19-21-8-3-2-4-9-21/h2-6,8-10,12,18H,7,11,13-17,19H2,1H3. The Morgan fingerprint density at radius 3 is 2.43 bits per heavy atom. The van der Waals surface area contributed by atoms with Gasteiger partial charge in [0.2, 0.25) is 5.95 Å². The van der Waals surface area contributed by atoms with Crippen molar-refractivity contribution in [1.82, 2.24) is 14.9 Å². The van der Waals surface area contributed by atoms with Gasteiger partial charge in [-0.25, -0.2) is 4.98 Å². The zero-order valence-electron chi connectivity index (χ0n) is 17.7. The van der Waals surface area contributed by atoms with Gasteiger partial charge >= 0.3 is 0 Å². The van der Waals surface area contributed by atoms with Crippen LogP contribution in [-0.4, -0.2) is 47.6 Å². The molecule has 3 aromatic rings. The molecule has 2 aromatic carbocycles. The number of hydrogen-bond acceptors (Lipinski definition) is 5. The van der Waals surface area contributed by atoms with Crippen LogP contribution in [0.5, 0.6) is 0 Å². The molecule has 1 fully saturated rings. The lowest BCUT2D eigenvalue weighted by Gasteiger charge is -2.36. The van der Waals surface area contributed by atoms with Crippen LogP contribution in [0.15, 0.2) is 60.7 Å². The monoisotopic (exact) mass is 399 g/mol. The molecule has 1 aromatic heterocycles. The quantitative estimate of drug-likeness (QED) is 0.657. The summed E-state index contributed by atoms with van der Waals surface area (Å²) in [7, 11) is 0. The molecule has 1 saturated heterocycles. The smallest absolute Gasteiger partial charge is 0.227 e. The highest BCUT2D eigenvalue weighted by molar-refractivity contribution is 5.66. The lowest BCUT2D eigenvalue weighted by atomic mass is 10.0. The maximum Gasteiger partial charge on any atom is 0.227 e. The molecule has 0 aliphatic carbocycles. The van der Waals surface area contributed by atoms with Gasteiger partial charge in [-0.2, -0.15) is 4.98 Å². The van der Waals surface area contributed by atoms with E-state index < -0.39 is 0 Å². The molecule has 0 atom stereocenters. The van der Waals surface area contributed by atoms with Crippen LogP contribution in [0.1, 0.15) is 23.2 Å². The minimum atomic E-state index is 0.868. The summed E-state index contributed by atoms with van der Waals surface area (Å²) in [5.74, 6) is 1.89. The zero-order valence-corrected chi connectivity index (χ0v) is 17.7. The second-order valence-corrected chi connectivity index (χ2v) is 8.30. The molecule has 0 radical (unpaired) electrons. The molecule has 0 N–H and O–H groups in total. The van der Waals surface area contributed by atoms with Crippen LogP contribution in [0.2, 0.25) is 0 Å². The van der Waals surface area contributed by atoms with E-state index in [1.54, 1.807) is 0 Å². The molecular formula is C25H29N5. The average molecular weight is 400 g/mol. The summed E-state index contributed by atoms with van der Waals surface area (Å²) in [4.78, 5) is 17.0. The normalized spacial score (nSPS) is 17.1. The van der Waals surface area contributed by atoms with Crippen molar-refractivity contribution in [2.75, 3.05) is 42.5 Å². The number of anilines is 3. The molecule has 2 aliphatic rings. The summed E-state index contributed by atoms with van der Waals surface area (Å²) in [5.41, 5.74) is 5.12. The van der Waals surface area contributed by atoms with E-state index in [-0.39, 0.29) is 0 Å². The molecule has 5 nitrogen and oxygen atoms in total. The van der Waals surface area contributed by atoms with Gasteiger partial charge in [-0.15, -0.1) is 0 Å². The van der Waals surface area contributed by atoms with Crippen LogP contribution >= 0.6 is 0 Å². The lowest BCUT2D eigenvalue weighted by Crippen LogP contribution is -2.46. The van der Waals surface area contributed by atoms with Gasteiger partial charge in [-0.3, -0.25) is 4.90 Å². The molecule has 0 bridgehead atoms. The lowest BCUT2D eigenvalue weighted by molar-refractivity contribution is 0.248. The van der Waals surface area contributed by atoms with E-state index in [0.717, 1.165) is 69.6 Å². The Bertz CT molecular complexity index is 995. The predicted octanol–water partition coefficient (Wildman–Crippen LogP) is 4.19. The molecule has 5 rings (SSSR count). The van der Waals surface area contributed by atoms with E-state index >= 15 is 0 Å². The van der Waals surface area contributed by atoms with Gasteiger partial charge in [-0.05, 0) is 37.0 Å². The zero-order chi connectivity index (χ0) is 20.3. The maximum absolute atomic E-state index is 5.01. The van der Waals surface area contributed by atoms with E-state index in [9.17, 15) is 0 Å². The van der Waals surface area contributed by atoms with Gasteiger partial charge in [-0.1, -0.05) is 48.5 Å². The molecule has 2 aliphatic heterocycles. The molecule has 0 spiro atoms. The van der Waals surface area contributed by atoms with E-state index in [0.29, 0.717) is 0 Å². The molecule has 5 heteroatoms. The highest BCUT2D eigenvalue weighted by Gasteiger charge is 2.23. The van der Waals surface area contributed by atoms with Crippen LogP contribution in [0.3, 0.4) is 0 Å². The highest BCUT2D eigenvalue weighted by Crippen LogP contribution is 2.33. The van der Waals surface area contributed by atoms with Crippen LogP contribution in [0.25, 0.3) is 0 Å². The fourth-order valence-electron chi connectivity index (χ4n) is 4.54. The largest absolute Gasteiger partial charge is 0.338 e. The topological polar surface area (TPSA) is 35.5 Å². The molecule has 154 valence electrons. The third-order valence-corrected chi connectivity index (χ3v) is 6.12. The first-order chi connectivity index (χ1) is 14.8. The summed E-state index contributed by atoms with van der Waals surface area (Å²) in [6, 6.07) is 21.6. The summed E-state index contributed by atoms with van der Waals surface area (Å²) in [6.07, 6.45) is 2.31. The second kappa shape index (κ2) is 8.44. The number of piperazine rings is 1. The Morgan fingerprint density at radius 1 is 0.833 bits per heavy atom. The fourth-order valence-corrected chi connectivity index (χ4v) is 4.54. The summed E-state index contributed by atoms with van der Waals surface area (Å²) in [5, 5.41) is 0. The number of benzene rings is 2. The third-order valence-electron chi connectivity index (χ3n) is 6.12. The van der Waals surface area contributed by atoms with E-state index in [4.69, 9.17) is 9.97 Å². The molecule has 0 unspecified atom stereocenters. The SMILES string of the molecule is Cc1cc(N2CCCc3ccccc32)nc(N2CCN(Cc3ccccc3)CC2)n1. The van der Waals surface area contributed by atoms with Crippen LogP contribution in [0.4, 0.5) is 17.5 Å². The Morgan fingerprint density at radius 2 is 1.60 bits per heavy atom. The number of aryl methyl sites for hydroxylation is 2. The minimum absolute atomic E-state index is 0.868. The van der Waals surface area contributed by atoms with E-state index in [1.165, 1.54) is 16.8 Å². The van der Waals surface area contributed by atoms with Gasteiger partial charge in [0, 0.05) is 56.7 Å². The number of aromatic nitrogens is 2. The summed E-state index contributed by atoms with van der Waals surface area (Å²) < 4.78 is 0. The molecule has 0 saturated carbocycles. The fraction of sp³-hybridized carbons (Fsp3) is 0.360. The minimum Gasteiger partial charge on any atom is -0.338 e. The Balaban J connectivity index is 1.32. The van der Waals surface area contributed by atoms with Crippen molar-refractivity contribution in [3.8, 4) is 0 Å². The van der Waals surface area contributed by atoms with Crippen molar-refractivity contribution in [2.24, 2.45) is 0 Å². The second-order valence-electron chi connectivity index (χ2n) is 8.30. The van der Waals surface area contributed by atoms with Crippen LogP contribution in [0, 0.1) is 6.92 Å². The van der Waals surface area contributed by atoms with Gasteiger partial charge in [0.15, 0.2) is 0 Å². The van der Waals surface area contributed by atoms with Crippen molar-refractivity contribution in [3.05, 3.63) is 77.5 Å². The van der Waals surface area contributed by atoms with Crippen molar-refractivity contribution in [1.29, 1.82) is 0 Å².